The van der Waals surface area contributed by atoms with Crippen LogP contribution in [0, 0.1) is 6.92 Å². The van der Waals surface area contributed by atoms with E-state index in [2.05, 4.69) is 15.3 Å². The fourth-order valence-electron chi connectivity index (χ4n) is 1.65. The Bertz CT molecular complexity index is 345. The Balaban J connectivity index is 2.35. The third-order valence-electron chi connectivity index (χ3n) is 2.64. The number of nitrogens with zero attached hydrogens (tertiary/aromatic N) is 2. The predicted octanol–water partition coefficient (Wildman–Crippen LogP) is 2.41. The SMILES string of the molecule is CCOc1ncnc(NCCCCCOC)c1C. The summed E-state index contributed by atoms with van der Waals surface area (Å²) in [6, 6.07) is 0. The maximum Gasteiger partial charge on any atom is 0.221 e. The molecule has 1 aromatic rings. The average Bonchev–Trinajstić information content (AvgIpc) is 2.38. The van der Waals surface area contributed by atoms with Gasteiger partial charge in [-0.15, -0.1) is 0 Å². The summed E-state index contributed by atoms with van der Waals surface area (Å²) in [4.78, 5) is 8.34. The van der Waals surface area contributed by atoms with Gasteiger partial charge in [-0.3, -0.25) is 0 Å². The van der Waals surface area contributed by atoms with Gasteiger partial charge in [-0.25, -0.2) is 9.97 Å². The largest absolute Gasteiger partial charge is 0.478 e. The van der Waals surface area contributed by atoms with Crippen molar-refractivity contribution in [3.63, 3.8) is 0 Å². The summed E-state index contributed by atoms with van der Waals surface area (Å²) in [5, 5.41) is 3.32. The number of hydrogen-bond donors (Lipinski definition) is 1. The van der Waals surface area contributed by atoms with Crippen molar-refractivity contribution in [1.82, 2.24) is 9.97 Å². The molecule has 0 aromatic carbocycles. The van der Waals surface area contributed by atoms with Gasteiger partial charge < -0.3 is 14.8 Å². The molecular formula is C13H23N3O2. The molecule has 0 saturated heterocycles. The second-order valence-electron chi connectivity index (χ2n) is 4.07. The normalized spacial score (nSPS) is 10.4. The van der Waals surface area contributed by atoms with Crippen LogP contribution in [0.15, 0.2) is 6.33 Å². The van der Waals surface area contributed by atoms with Gasteiger partial charge in [0, 0.05) is 20.3 Å². The maximum atomic E-state index is 5.43. The molecule has 1 heterocycles. The van der Waals surface area contributed by atoms with E-state index in [1.54, 1.807) is 7.11 Å². The van der Waals surface area contributed by atoms with Crippen LogP contribution < -0.4 is 10.1 Å². The van der Waals surface area contributed by atoms with E-state index < -0.39 is 0 Å². The van der Waals surface area contributed by atoms with Crippen molar-refractivity contribution in [2.45, 2.75) is 33.1 Å². The molecule has 5 heteroatoms. The van der Waals surface area contributed by atoms with Crippen LogP contribution in [0.1, 0.15) is 31.7 Å². The summed E-state index contributed by atoms with van der Waals surface area (Å²) in [5.41, 5.74) is 0.969. The minimum Gasteiger partial charge on any atom is -0.478 e. The molecule has 0 aliphatic rings. The number of anilines is 1. The molecule has 0 unspecified atom stereocenters. The van der Waals surface area contributed by atoms with Gasteiger partial charge in [0.15, 0.2) is 0 Å². The Labute approximate surface area is 109 Å². The first-order chi connectivity index (χ1) is 8.79. The fourth-order valence-corrected chi connectivity index (χ4v) is 1.65. The highest BCUT2D eigenvalue weighted by atomic mass is 16.5. The van der Waals surface area contributed by atoms with Crippen LogP contribution in [0.2, 0.25) is 0 Å². The Morgan fingerprint density at radius 2 is 2.06 bits per heavy atom. The molecule has 0 fully saturated rings. The van der Waals surface area contributed by atoms with E-state index in [9.17, 15) is 0 Å². The van der Waals surface area contributed by atoms with Crippen molar-refractivity contribution in [3.05, 3.63) is 11.9 Å². The summed E-state index contributed by atoms with van der Waals surface area (Å²) in [7, 11) is 1.73. The molecule has 0 bridgehead atoms. The van der Waals surface area contributed by atoms with Crippen molar-refractivity contribution in [1.29, 1.82) is 0 Å². The molecule has 5 nitrogen and oxygen atoms in total. The molecule has 0 amide bonds. The maximum absolute atomic E-state index is 5.43. The van der Waals surface area contributed by atoms with Gasteiger partial charge in [-0.05, 0) is 33.1 Å². The van der Waals surface area contributed by atoms with Crippen LogP contribution in [0.4, 0.5) is 5.82 Å². The molecule has 18 heavy (non-hydrogen) atoms. The smallest absolute Gasteiger partial charge is 0.221 e. The zero-order chi connectivity index (χ0) is 13.2. The first-order valence-electron chi connectivity index (χ1n) is 6.46. The summed E-state index contributed by atoms with van der Waals surface area (Å²) in [6.45, 7) is 6.28. The third kappa shape index (κ3) is 4.87. The van der Waals surface area contributed by atoms with Gasteiger partial charge in [0.25, 0.3) is 0 Å². The van der Waals surface area contributed by atoms with Gasteiger partial charge in [-0.2, -0.15) is 0 Å². The summed E-state index contributed by atoms with van der Waals surface area (Å²) >= 11 is 0. The minimum absolute atomic E-state index is 0.619. The van der Waals surface area contributed by atoms with Crippen molar-refractivity contribution in [2.24, 2.45) is 0 Å². The van der Waals surface area contributed by atoms with Crippen molar-refractivity contribution >= 4 is 5.82 Å². The molecule has 1 aromatic heterocycles. The number of unbranched alkanes of at least 4 members (excludes halogenated alkanes) is 2. The van der Waals surface area contributed by atoms with Gasteiger partial charge >= 0.3 is 0 Å². The van der Waals surface area contributed by atoms with Gasteiger partial charge in [0.1, 0.15) is 12.1 Å². The van der Waals surface area contributed by atoms with Crippen LogP contribution in [0.25, 0.3) is 0 Å². The van der Waals surface area contributed by atoms with Crippen LogP contribution >= 0.6 is 0 Å². The summed E-state index contributed by atoms with van der Waals surface area (Å²) < 4.78 is 10.4. The standard InChI is InChI=1S/C13H23N3O2/c1-4-18-13-11(2)12(15-10-16-13)14-8-6-5-7-9-17-3/h10H,4-9H2,1-3H3,(H,14,15,16). The predicted molar refractivity (Wildman–Crippen MR) is 72.2 cm³/mol. The highest BCUT2D eigenvalue weighted by Crippen LogP contribution is 2.20. The lowest BCUT2D eigenvalue weighted by atomic mass is 10.2. The number of nitrogens with one attached hydrogen (secondary N) is 1. The first-order valence-corrected chi connectivity index (χ1v) is 6.46. The quantitative estimate of drug-likeness (QED) is 0.685. The van der Waals surface area contributed by atoms with E-state index in [0.29, 0.717) is 12.5 Å². The molecule has 1 rings (SSSR count). The monoisotopic (exact) mass is 253 g/mol. The highest BCUT2D eigenvalue weighted by Gasteiger charge is 2.06. The molecule has 102 valence electrons. The molecule has 0 spiro atoms. The summed E-state index contributed by atoms with van der Waals surface area (Å²) in [5.74, 6) is 1.52. The van der Waals surface area contributed by atoms with Crippen LogP contribution in [-0.2, 0) is 4.74 Å². The van der Waals surface area contributed by atoms with Gasteiger partial charge in [-0.1, -0.05) is 0 Å². The highest BCUT2D eigenvalue weighted by molar-refractivity contribution is 5.47. The second kappa shape index (κ2) is 8.69. The Hall–Kier alpha value is -1.36. The topological polar surface area (TPSA) is 56.3 Å². The minimum atomic E-state index is 0.619. The van der Waals surface area contributed by atoms with E-state index >= 15 is 0 Å². The second-order valence-corrected chi connectivity index (χ2v) is 4.07. The molecule has 1 N–H and O–H groups in total. The third-order valence-corrected chi connectivity index (χ3v) is 2.64. The lowest BCUT2D eigenvalue weighted by Gasteiger charge is -2.11. The number of hydrogen-bond acceptors (Lipinski definition) is 5. The van der Waals surface area contributed by atoms with Gasteiger partial charge in [0.05, 0.1) is 12.2 Å². The van der Waals surface area contributed by atoms with Crippen LogP contribution in [-0.4, -0.2) is 36.8 Å². The summed E-state index contributed by atoms with van der Waals surface area (Å²) in [6.07, 6.45) is 4.90. The van der Waals surface area contributed by atoms with Crippen molar-refractivity contribution in [2.75, 3.05) is 32.2 Å². The van der Waals surface area contributed by atoms with Crippen LogP contribution in [0.3, 0.4) is 0 Å². The lowest BCUT2D eigenvalue weighted by molar-refractivity contribution is 0.192. The number of methoxy groups -OCH3 is 1. The van der Waals surface area contributed by atoms with Crippen molar-refractivity contribution in [3.8, 4) is 5.88 Å². The van der Waals surface area contributed by atoms with Crippen molar-refractivity contribution < 1.29 is 9.47 Å². The fraction of sp³-hybridized carbons (Fsp3) is 0.692. The van der Waals surface area contributed by atoms with E-state index in [1.807, 2.05) is 13.8 Å². The first kappa shape index (κ1) is 14.7. The zero-order valence-electron chi connectivity index (χ0n) is 11.5. The Kier molecular flexibility index (Phi) is 7.10. The molecule has 0 aliphatic carbocycles. The number of ether oxygens (including phenoxy) is 2. The zero-order valence-corrected chi connectivity index (χ0v) is 11.5. The Morgan fingerprint density at radius 3 is 2.78 bits per heavy atom. The van der Waals surface area contributed by atoms with E-state index in [4.69, 9.17) is 9.47 Å². The van der Waals surface area contributed by atoms with E-state index in [0.717, 1.165) is 43.8 Å². The van der Waals surface area contributed by atoms with E-state index in [1.165, 1.54) is 6.33 Å². The lowest BCUT2D eigenvalue weighted by Crippen LogP contribution is -2.07. The molecular weight excluding hydrogens is 230 g/mol. The van der Waals surface area contributed by atoms with E-state index in [-0.39, 0.29) is 0 Å². The number of aromatic nitrogens is 2. The van der Waals surface area contributed by atoms with Gasteiger partial charge in [0.2, 0.25) is 5.88 Å². The average molecular weight is 253 g/mol. The molecule has 0 atom stereocenters. The Morgan fingerprint density at radius 1 is 1.22 bits per heavy atom. The van der Waals surface area contributed by atoms with Crippen LogP contribution in [0.5, 0.6) is 5.88 Å². The number of rotatable bonds is 9. The molecule has 0 aliphatic heterocycles. The molecule has 0 saturated carbocycles. The molecule has 0 radical (unpaired) electrons.